The molecule has 1 aliphatic rings. The zero-order valence-electron chi connectivity index (χ0n) is 15.9. The predicted molar refractivity (Wildman–Crippen MR) is 96.8 cm³/mol. The van der Waals surface area contributed by atoms with Gasteiger partial charge >= 0.3 is 13.2 Å². The molecule has 0 aromatic heterocycles. The zero-order valence-corrected chi connectivity index (χ0v) is 15.9. The van der Waals surface area contributed by atoms with E-state index in [1.165, 1.54) is 0 Å². The Labute approximate surface area is 145 Å². The van der Waals surface area contributed by atoms with E-state index in [1.807, 2.05) is 73.6 Å². The molecule has 6 heteroatoms. The molecule has 1 aromatic rings. The van der Waals surface area contributed by atoms with Crippen LogP contribution in [0.15, 0.2) is 18.2 Å². The summed E-state index contributed by atoms with van der Waals surface area (Å²) in [6.07, 6.45) is -0.496. The maximum Gasteiger partial charge on any atom is 0.496 e. The Morgan fingerprint density at radius 1 is 1.12 bits per heavy atom. The normalized spacial score (nSPS) is 19.2. The van der Waals surface area contributed by atoms with Crippen molar-refractivity contribution >= 4 is 24.4 Å². The van der Waals surface area contributed by atoms with Crippen LogP contribution in [0, 0.1) is 6.92 Å². The summed E-state index contributed by atoms with van der Waals surface area (Å²) in [5.41, 5.74) is 1.05. The molecule has 1 aliphatic heterocycles. The van der Waals surface area contributed by atoms with E-state index < -0.39 is 30.0 Å². The van der Waals surface area contributed by atoms with Gasteiger partial charge in [-0.2, -0.15) is 0 Å². The van der Waals surface area contributed by atoms with Crippen molar-refractivity contribution in [2.45, 2.75) is 72.2 Å². The molecule has 0 atom stereocenters. The lowest BCUT2D eigenvalue weighted by Gasteiger charge is -2.32. The van der Waals surface area contributed by atoms with Gasteiger partial charge < -0.3 is 14.0 Å². The number of carbonyl (C=O) groups excluding carboxylic acids is 1. The van der Waals surface area contributed by atoms with Crippen molar-refractivity contribution in [2.75, 3.05) is 5.32 Å². The number of amides is 1. The molecule has 132 valence electrons. The molecule has 1 saturated heterocycles. The number of nitrogens with one attached hydrogen (secondary N) is 1. The van der Waals surface area contributed by atoms with Gasteiger partial charge in [0.15, 0.2) is 0 Å². The number of carbonyl (C=O) groups is 1. The van der Waals surface area contributed by atoms with Crippen molar-refractivity contribution in [3.63, 3.8) is 0 Å². The van der Waals surface area contributed by atoms with Gasteiger partial charge in [-0.05, 0) is 61.5 Å². The lowest BCUT2D eigenvalue weighted by Crippen LogP contribution is -2.41. The highest BCUT2D eigenvalue weighted by Crippen LogP contribution is 2.37. The molecule has 1 heterocycles. The van der Waals surface area contributed by atoms with Gasteiger partial charge in [0.1, 0.15) is 5.60 Å². The summed E-state index contributed by atoms with van der Waals surface area (Å²) in [5, 5.41) is 2.80. The third kappa shape index (κ3) is 4.11. The van der Waals surface area contributed by atoms with E-state index in [2.05, 4.69) is 5.32 Å². The van der Waals surface area contributed by atoms with Gasteiger partial charge in [0, 0.05) is 11.2 Å². The highest BCUT2D eigenvalue weighted by atomic mass is 16.7. The fourth-order valence-electron chi connectivity index (χ4n) is 2.37. The molecule has 1 amide bonds. The SMILES string of the molecule is Cc1ccc(NC(=O)OC(C)(C)C)c(B2OC(C)(C)C(C)(C)O2)c1. The predicted octanol–water partition coefficient (Wildman–Crippen LogP) is 3.64. The maximum atomic E-state index is 12.1. The molecule has 0 aliphatic carbocycles. The van der Waals surface area contributed by atoms with Gasteiger partial charge in [-0.15, -0.1) is 0 Å². The minimum Gasteiger partial charge on any atom is -0.444 e. The van der Waals surface area contributed by atoms with Crippen molar-refractivity contribution in [3.8, 4) is 0 Å². The quantitative estimate of drug-likeness (QED) is 0.840. The van der Waals surface area contributed by atoms with E-state index in [1.54, 1.807) is 0 Å². The Hall–Kier alpha value is -1.53. The average molecular weight is 333 g/mol. The molecule has 0 saturated carbocycles. The first-order chi connectivity index (χ1) is 10.8. The van der Waals surface area contributed by atoms with Gasteiger partial charge in [-0.1, -0.05) is 17.7 Å². The number of hydrogen-bond donors (Lipinski definition) is 1. The molecule has 5 nitrogen and oxygen atoms in total. The summed E-state index contributed by atoms with van der Waals surface area (Å²) in [7, 11) is -0.542. The Balaban J connectivity index is 2.28. The summed E-state index contributed by atoms with van der Waals surface area (Å²) in [6, 6.07) is 5.75. The molecule has 1 fully saturated rings. The van der Waals surface area contributed by atoms with Crippen LogP contribution in [0.3, 0.4) is 0 Å². The lowest BCUT2D eigenvalue weighted by atomic mass is 9.77. The van der Waals surface area contributed by atoms with E-state index in [0.717, 1.165) is 11.0 Å². The third-order valence-corrected chi connectivity index (χ3v) is 4.35. The standard InChI is InChI=1S/C18H28BNO4/c1-12-9-10-14(20-15(21)22-16(2,3)4)13(11-12)19-23-17(5,6)18(7,8)24-19/h9-11H,1-8H3,(H,20,21). The van der Waals surface area contributed by atoms with Crippen LogP contribution in [0.1, 0.15) is 54.0 Å². The first-order valence-corrected chi connectivity index (χ1v) is 8.27. The highest BCUT2D eigenvalue weighted by molar-refractivity contribution is 6.64. The second-order valence-corrected chi connectivity index (χ2v) is 8.31. The summed E-state index contributed by atoms with van der Waals surface area (Å²) < 4.78 is 17.6. The molecule has 0 radical (unpaired) electrons. The van der Waals surface area contributed by atoms with E-state index in [4.69, 9.17) is 14.0 Å². The van der Waals surface area contributed by atoms with Crippen LogP contribution < -0.4 is 10.8 Å². The number of anilines is 1. The first-order valence-electron chi connectivity index (χ1n) is 8.27. The monoisotopic (exact) mass is 333 g/mol. The van der Waals surface area contributed by atoms with Crippen LogP contribution in [0.4, 0.5) is 10.5 Å². The number of rotatable bonds is 2. The van der Waals surface area contributed by atoms with E-state index in [-0.39, 0.29) is 0 Å². The van der Waals surface area contributed by atoms with Crippen LogP contribution in [-0.4, -0.2) is 30.0 Å². The minimum atomic E-state index is -0.556. The van der Waals surface area contributed by atoms with Gasteiger partial charge in [0.05, 0.1) is 11.2 Å². The number of hydrogen-bond acceptors (Lipinski definition) is 4. The summed E-state index contributed by atoms with van der Waals surface area (Å²) >= 11 is 0. The second kappa shape index (κ2) is 6.08. The molecular weight excluding hydrogens is 305 g/mol. The molecular formula is C18H28BNO4. The molecule has 0 bridgehead atoms. The topological polar surface area (TPSA) is 56.8 Å². The number of benzene rings is 1. The fourth-order valence-corrected chi connectivity index (χ4v) is 2.37. The van der Waals surface area contributed by atoms with Crippen LogP contribution in [-0.2, 0) is 14.0 Å². The maximum absolute atomic E-state index is 12.1. The van der Waals surface area contributed by atoms with Gasteiger partial charge in [-0.25, -0.2) is 4.79 Å². The second-order valence-electron chi connectivity index (χ2n) is 8.31. The summed E-state index contributed by atoms with van der Waals surface area (Å²) in [4.78, 5) is 12.1. The van der Waals surface area contributed by atoms with Gasteiger partial charge in [-0.3, -0.25) is 5.32 Å². The van der Waals surface area contributed by atoms with Gasteiger partial charge in [0.2, 0.25) is 0 Å². The highest BCUT2D eigenvalue weighted by Gasteiger charge is 2.52. The third-order valence-electron chi connectivity index (χ3n) is 4.35. The molecule has 24 heavy (non-hydrogen) atoms. The Bertz CT molecular complexity index is 618. The van der Waals surface area contributed by atoms with Crippen molar-refractivity contribution in [1.29, 1.82) is 0 Å². The molecule has 1 N–H and O–H groups in total. The smallest absolute Gasteiger partial charge is 0.444 e. The largest absolute Gasteiger partial charge is 0.496 e. The molecule has 0 spiro atoms. The van der Waals surface area contributed by atoms with Crippen molar-refractivity contribution in [3.05, 3.63) is 23.8 Å². The van der Waals surface area contributed by atoms with Crippen LogP contribution >= 0.6 is 0 Å². The minimum absolute atomic E-state index is 0.440. The molecule has 0 unspecified atom stereocenters. The molecule has 1 aromatic carbocycles. The van der Waals surface area contributed by atoms with Gasteiger partial charge in [0.25, 0.3) is 0 Å². The Morgan fingerprint density at radius 2 is 1.67 bits per heavy atom. The number of ether oxygens (including phenoxy) is 1. The van der Waals surface area contributed by atoms with E-state index in [9.17, 15) is 4.79 Å². The zero-order chi connectivity index (χ0) is 18.3. The van der Waals surface area contributed by atoms with Crippen LogP contribution in [0.5, 0.6) is 0 Å². The first kappa shape index (κ1) is 18.8. The number of aryl methyl sites for hydroxylation is 1. The van der Waals surface area contributed by atoms with Crippen molar-refractivity contribution in [1.82, 2.24) is 0 Å². The Morgan fingerprint density at radius 3 is 2.17 bits per heavy atom. The van der Waals surface area contributed by atoms with Crippen molar-refractivity contribution < 1.29 is 18.8 Å². The van der Waals surface area contributed by atoms with Crippen LogP contribution in [0.25, 0.3) is 0 Å². The summed E-state index contributed by atoms with van der Waals surface area (Å²) in [5.74, 6) is 0. The van der Waals surface area contributed by atoms with Crippen LogP contribution in [0.2, 0.25) is 0 Å². The summed E-state index contributed by atoms with van der Waals surface area (Å²) in [6.45, 7) is 15.5. The van der Waals surface area contributed by atoms with E-state index in [0.29, 0.717) is 5.69 Å². The average Bonchev–Trinajstić information content (AvgIpc) is 2.58. The molecule has 2 rings (SSSR count). The lowest BCUT2D eigenvalue weighted by molar-refractivity contribution is 0.00578. The van der Waals surface area contributed by atoms with E-state index >= 15 is 0 Å². The Kier molecular flexibility index (Phi) is 4.77. The van der Waals surface area contributed by atoms with Crippen molar-refractivity contribution in [2.24, 2.45) is 0 Å². The fraction of sp³-hybridized carbons (Fsp3) is 0.611.